The van der Waals surface area contributed by atoms with Crippen molar-refractivity contribution < 1.29 is 4.79 Å². The maximum absolute atomic E-state index is 12.0. The number of thiazole rings is 1. The molecule has 22 heavy (non-hydrogen) atoms. The first-order chi connectivity index (χ1) is 10.6. The molecule has 0 saturated carbocycles. The van der Waals surface area contributed by atoms with Gasteiger partial charge in [0.15, 0.2) is 0 Å². The highest BCUT2D eigenvalue weighted by molar-refractivity contribution is 7.09. The molecule has 0 unspecified atom stereocenters. The quantitative estimate of drug-likeness (QED) is 0.874. The Balaban J connectivity index is 1.78. The zero-order chi connectivity index (χ0) is 15.5. The van der Waals surface area contributed by atoms with Gasteiger partial charge in [0.05, 0.1) is 17.2 Å². The fourth-order valence-electron chi connectivity index (χ4n) is 3.00. The van der Waals surface area contributed by atoms with E-state index in [1.807, 2.05) is 28.6 Å². The number of aromatic nitrogens is 1. The molecule has 0 bridgehead atoms. The molecule has 0 radical (unpaired) electrons. The first kappa shape index (κ1) is 15.2. The average molecular weight is 315 g/mol. The lowest BCUT2D eigenvalue weighted by atomic mass is 10.0. The van der Waals surface area contributed by atoms with Gasteiger partial charge in [0, 0.05) is 38.0 Å². The number of amides is 1. The van der Waals surface area contributed by atoms with E-state index >= 15 is 0 Å². The van der Waals surface area contributed by atoms with Crippen LogP contribution < -0.4 is 0 Å². The van der Waals surface area contributed by atoms with Gasteiger partial charge in [-0.25, -0.2) is 4.98 Å². The van der Waals surface area contributed by atoms with Crippen LogP contribution >= 0.6 is 11.3 Å². The summed E-state index contributed by atoms with van der Waals surface area (Å²) in [5.41, 5.74) is 4.24. The van der Waals surface area contributed by atoms with Crippen molar-refractivity contribution in [1.82, 2.24) is 14.8 Å². The second-order valence-electron chi connectivity index (χ2n) is 5.73. The molecule has 4 nitrogen and oxygen atoms in total. The molecule has 1 aliphatic rings. The summed E-state index contributed by atoms with van der Waals surface area (Å²) in [6.07, 6.45) is 0. The van der Waals surface area contributed by atoms with E-state index in [4.69, 9.17) is 0 Å². The first-order valence-corrected chi connectivity index (χ1v) is 8.46. The number of benzene rings is 1. The Hall–Kier alpha value is -1.72. The maximum atomic E-state index is 12.0. The second-order valence-corrected chi connectivity index (χ2v) is 6.67. The average Bonchev–Trinajstić information content (AvgIpc) is 2.93. The molecule has 1 saturated heterocycles. The van der Waals surface area contributed by atoms with Gasteiger partial charge in [-0.1, -0.05) is 30.3 Å². The third-order valence-corrected chi connectivity index (χ3v) is 5.19. The lowest BCUT2D eigenvalue weighted by Crippen LogP contribution is -2.49. The van der Waals surface area contributed by atoms with Crippen molar-refractivity contribution >= 4 is 17.2 Å². The zero-order valence-corrected chi connectivity index (χ0v) is 13.8. The van der Waals surface area contributed by atoms with Crippen LogP contribution in [0.4, 0.5) is 0 Å². The van der Waals surface area contributed by atoms with Gasteiger partial charge < -0.3 is 4.90 Å². The Morgan fingerprint density at radius 3 is 2.73 bits per heavy atom. The third kappa shape index (κ3) is 3.20. The van der Waals surface area contributed by atoms with Gasteiger partial charge in [0.1, 0.15) is 0 Å². The van der Waals surface area contributed by atoms with Gasteiger partial charge in [-0.15, -0.1) is 11.3 Å². The predicted molar refractivity (Wildman–Crippen MR) is 88.7 cm³/mol. The molecule has 1 aliphatic heterocycles. The van der Waals surface area contributed by atoms with E-state index in [2.05, 4.69) is 28.9 Å². The predicted octanol–water partition coefficient (Wildman–Crippen LogP) is 2.86. The van der Waals surface area contributed by atoms with Crippen molar-refractivity contribution in [2.45, 2.75) is 26.4 Å². The van der Waals surface area contributed by atoms with Crippen LogP contribution in [0.2, 0.25) is 0 Å². The number of hydrogen-bond acceptors (Lipinski definition) is 4. The smallest absolute Gasteiger partial charge is 0.220 e. The van der Waals surface area contributed by atoms with Gasteiger partial charge in [-0.2, -0.15) is 0 Å². The summed E-state index contributed by atoms with van der Waals surface area (Å²) in [5.74, 6) is 0.155. The molecule has 2 heterocycles. The molecule has 1 fully saturated rings. The Bertz CT molecular complexity index is 640. The van der Waals surface area contributed by atoms with E-state index in [0.29, 0.717) is 0 Å². The van der Waals surface area contributed by atoms with Gasteiger partial charge >= 0.3 is 0 Å². The van der Waals surface area contributed by atoms with E-state index in [9.17, 15) is 4.79 Å². The fraction of sp³-hybridized carbons (Fsp3) is 0.412. The Morgan fingerprint density at radius 1 is 1.32 bits per heavy atom. The summed E-state index contributed by atoms with van der Waals surface area (Å²) in [6.45, 7) is 7.23. The summed E-state index contributed by atoms with van der Waals surface area (Å²) in [6, 6.07) is 10.5. The minimum atomic E-state index is 0.140. The van der Waals surface area contributed by atoms with Crippen molar-refractivity contribution in [2.24, 2.45) is 0 Å². The van der Waals surface area contributed by atoms with Crippen molar-refractivity contribution in [2.75, 3.05) is 19.6 Å². The molecule has 0 N–H and O–H groups in total. The summed E-state index contributed by atoms with van der Waals surface area (Å²) in [7, 11) is 0. The molecule has 0 aliphatic carbocycles. The fourth-order valence-corrected chi connectivity index (χ4v) is 3.82. The largest absolute Gasteiger partial charge is 0.333 e. The van der Waals surface area contributed by atoms with Crippen LogP contribution in [0.25, 0.3) is 0 Å². The molecule has 1 aromatic heterocycles. The standard InChI is InChI=1S/C17H21N3OS/c1-13-17(22-12-18-13)11-19-8-9-20(14(2)21)16(10-19)15-6-4-3-5-7-15/h3-7,12,16H,8-11H2,1-2H3/t16-/m1/s1. The molecule has 0 spiro atoms. The number of carbonyl (C=O) groups is 1. The van der Waals surface area contributed by atoms with Gasteiger partial charge in [0.2, 0.25) is 5.91 Å². The van der Waals surface area contributed by atoms with Crippen molar-refractivity contribution in [3.63, 3.8) is 0 Å². The molecule has 2 aromatic rings. The van der Waals surface area contributed by atoms with E-state index in [1.165, 1.54) is 10.4 Å². The molecule has 1 amide bonds. The highest BCUT2D eigenvalue weighted by Crippen LogP contribution is 2.27. The molecular formula is C17H21N3OS. The number of piperazine rings is 1. The Morgan fingerprint density at radius 2 is 2.09 bits per heavy atom. The lowest BCUT2D eigenvalue weighted by molar-refractivity contribution is -0.134. The number of rotatable bonds is 3. The normalized spacial score (nSPS) is 19.4. The molecular weight excluding hydrogens is 294 g/mol. The molecule has 1 aromatic carbocycles. The summed E-state index contributed by atoms with van der Waals surface area (Å²) >= 11 is 1.71. The summed E-state index contributed by atoms with van der Waals surface area (Å²) in [5, 5.41) is 0. The highest BCUT2D eigenvalue weighted by Gasteiger charge is 2.30. The molecule has 3 rings (SSSR count). The van der Waals surface area contributed by atoms with E-state index in [1.54, 1.807) is 18.3 Å². The van der Waals surface area contributed by atoms with E-state index in [0.717, 1.165) is 31.9 Å². The van der Waals surface area contributed by atoms with Crippen LogP contribution in [0.5, 0.6) is 0 Å². The number of nitrogens with zero attached hydrogens (tertiary/aromatic N) is 3. The minimum Gasteiger partial charge on any atom is -0.333 e. The van der Waals surface area contributed by atoms with Crippen molar-refractivity contribution in [3.8, 4) is 0 Å². The number of hydrogen-bond donors (Lipinski definition) is 0. The van der Waals surface area contributed by atoms with E-state index < -0.39 is 0 Å². The van der Waals surface area contributed by atoms with Gasteiger partial charge in [0.25, 0.3) is 0 Å². The van der Waals surface area contributed by atoms with Gasteiger partial charge in [-0.3, -0.25) is 9.69 Å². The van der Waals surface area contributed by atoms with Crippen molar-refractivity contribution in [3.05, 3.63) is 52.0 Å². The second kappa shape index (κ2) is 6.58. The molecule has 5 heteroatoms. The summed E-state index contributed by atoms with van der Waals surface area (Å²) < 4.78 is 0. The topological polar surface area (TPSA) is 36.4 Å². The first-order valence-electron chi connectivity index (χ1n) is 7.58. The molecule has 116 valence electrons. The SMILES string of the molecule is CC(=O)N1CCN(Cc2scnc2C)C[C@@H]1c1ccccc1. The van der Waals surface area contributed by atoms with Crippen LogP contribution in [0.1, 0.15) is 29.1 Å². The van der Waals surface area contributed by atoms with E-state index in [-0.39, 0.29) is 11.9 Å². The Kier molecular flexibility index (Phi) is 4.55. The van der Waals surface area contributed by atoms with Crippen LogP contribution in [0, 0.1) is 6.92 Å². The lowest BCUT2D eigenvalue weighted by Gasteiger charge is -2.41. The van der Waals surface area contributed by atoms with Gasteiger partial charge in [-0.05, 0) is 12.5 Å². The summed E-state index contributed by atoms with van der Waals surface area (Å²) in [4.78, 5) is 22.0. The zero-order valence-electron chi connectivity index (χ0n) is 13.0. The molecule has 1 atom stereocenters. The van der Waals surface area contributed by atoms with Crippen molar-refractivity contribution in [1.29, 1.82) is 0 Å². The number of carbonyl (C=O) groups excluding carboxylic acids is 1. The Labute approximate surface area is 135 Å². The van der Waals surface area contributed by atoms with Crippen LogP contribution in [-0.4, -0.2) is 40.3 Å². The number of aryl methyl sites for hydroxylation is 1. The maximum Gasteiger partial charge on any atom is 0.220 e. The minimum absolute atomic E-state index is 0.140. The highest BCUT2D eigenvalue weighted by atomic mass is 32.1. The monoisotopic (exact) mass is 315 g/mol. The van der Waals surface area contributed by atoms with Crippen LogP contribution in [-0.2, 0) is 11.3 Å². The third-order valence-electron chi connectivity index (χ3n) is 4.27. The van der Waals surface area contributed by atoms with Crippen LogP contribution in [0.3, 0.4) is 0 Å². The van der Waals surface area contributed by atoms with Crippen LogP contribution in [0.15, 0.2) is 35.8 Å².